The Balaban J connectivity index is 2.90. The predicted molar refractivity (Wildman–Crippen MR) is 63.0 cm³/mol. The maximum absolute atomic E-state index is 10.5. The van der Waals surface area contributed by atoms with Gasteiger partial charge in [0.15, 0.2) is 6.29 Å². The summed E-state index contributed by atoms with van der Waals surface area (Å²) in [5.41, 5.74) is 0.899. The van der Waals surface area contributed by atoms with Crippen molar-refractivity contribution in [2.75, 3.05) is 24.6 Å². The number of nitriles is 1. The second-order valence-corrected chi connectivity index (χ2v) is 3.48. The molecule has 0 aromatic heterocycles. The van der Waals surface area contributed by atoms with E-state index in [2.05, 4.69) is 0 Å². The predicted octanol–water partition coefficient (Wildman–Crippen LogP) is 0.917. The molecule has 1 rings (SSSR count). The number of phenolic OH excluding ortho intramolecular Hbond substituents is 1. The third-order valence-electron chi connectivity index (χ3n) is 2.37. The Bertz CT molecular complexity index is 426. The van der Waals surface area contributed by atoms with Crippen LogP contribution in [0.15, 0.2) is 18.2 Å². The summed E-state index contributed by atoms with van der Waals surface area (Å²) in [4.78, 5) is 12.3. The van der Waals surface area contributed by atoms with Crippen LogP contribution in [-0.2, 0) is 0 Å². The highest BCUT2D eigenvalue weighted by Gasteiger charge is 2.08. The summed E-state index contributed by atoms with van der Waals surface area (Å²) in [6.07, 6.45) is 0.904. The van der Waals surface area contributed by atoms with Gasteiger partial charge in [-0.25, -0.2) is 0 Å². The molecule has 0 unspecified atom stereocenters. The van der Waals surface area contributed by atoms with E-state index in [0.717, 1.165) is 0 Å². The Labute approximate surface area is 99.5 Å². The molecule has 0 saturated heterocycles. The molecule has 1 aromatic carbocycles. The number of aromatic hydroxyl groups is 1. The number of phenols is 1. The SMILES string of the molecule is N#CCCN(CCO)c1ccc(C=O)c(O)c1. The van der Waals surface area contributed by atoms with Gasteiger partial charge < -0.3 is 15.1 Å². The van der Waals surface area contributed by atoms with Crippen molar-refractivity contribution in [2.24, 2.45) is 0 Å². The number of anilines is 1. The maximum atomic E-state index is 10.5. The second kappa shape index (κ2) is 6.51. The van der Waals surface area contributed by atoms with Gasteiger partial charge in [-0.2, -0.15) is 5.26 Å². The van der Waals surface area contributed by atoms with E-state index in [0.29, 0.717) is 31.5 Å². The summed E-state index contributed by atoms with van der Waals surface area (Å²) in [5.74, 6) is -0.0996. The van der Waals surface area contributed by atoms with Gasteiger partial charge in [-0.3, -0.25) is 4.79 Å². The molecule has 0 fully saturated rings. The minimum Gasteiger partial charge on any atom is -0.507 e. The highest BCUT2D eigenvalue weighted by molar-refractivity contribution is 5.80. The van der Waals surface area contributed by atoms with Crippen LogP contribution in [0.25, 0.3) is 0 Å². The third-order valence-corrected chi connectivity index (χ3v) is 2.37. The topological polar surface area (TPSA) is 84.6 Å². The summed E-state index contributed by atoms with van der Waals surface area (Å²) in [7, 11) is 0. The fourth-order valence-electron chi connectivity index (χ4n) is 1.50. The van der Waals surface area contributed by atoms with E-state index < -0.39 is 0 Å². The number of benzene rings is 1. The van der Waals surface area contributed by atoms with Gasteiger partial charge in [0.2, 0.25) is 0 Å². The van der Waals surface area contributed by atoms with E-state index in [9.17, 15) is 9.90 Å². The van der Waals surface area contributed by atoms with Gasteiger partial charge in [0.1, 0.15) is 5.75 Å². The summed E-state index contributed by atoms with van der Waals surface area (Å²) >= 11 is 0. The van der Waals surface area contributed by atoms with Crippen LogP contribution in [-0.4, -0.2) is 36.2 Å². The monoisotopic (exact) mass is 234 g/mol. The Hall–Kier alpha value is -2.06. The lowest BCUT2D eigenvalue weighted by molar-refractivity contribution is 0.112. The first-order valence-electron chi connectivity index (χ1n) is 5.24. The van der Waals surface area contributed by atoms with Crippen LogP contribution < -0.4 is 4.90 Å². The zero-order valence-electron chi connectivity index (χ0n) is 9.33. The molecule has 0 aliphatic heterocycles. The average molecular weight is 234 g/mol. The lowest BCUT2D eigenvalue weighted by Gasteiger charge is -2.23. The first kappa shape index (κ1) is 13.0. The number of nitrogens with zero attached hydrogens (tertiary/aromatic N) is 2. The number of hydrogen-bond donors (Lipinski definition) is 2. The summed E-state index contributed by atoms with van der Waals surface area (Å²) < 4.78 is 0. The smallest absolute Gasteiger partial charge is 0.153 e. The largest absolute Gasteiger partial charge is 0.507 e. The van der Waals surface area contributed by atoms with Gasteiger partial charge in [-0.05, 0) is 12.1 Å². The van der Waals surface area contributed by atoms with Gasteiger partial charge in [0.25, 0.3) is 0 Å². The van der Waals surface area contributed by atoms with Crippen LogP contribution in [0.1, 0.15) is 16.8 Å². The number of carbonyl (C=O) groups excluding carboxylic acids is 1. The Kier molecular flexibility index (Phi) is 4.98. The molecule has 17 heavy (non-hydrogen) atoms. The van der Waals surface area contributed by atoms with E-state index in [1.165, 1.54) is 12.1 Å². The second-order valence-electron chi connectivity index (χ2n) is 3.48. The van der Waals surface area contributed by atoms with Gasteiger partial charge >= 0.3 is 0 Å². The highest BCUT2D eigenvalue weighted by Crippen LogP contribution is 2.23. The molecule has 0 amide bonds. The molecule has 0 radical (unpaired) electrons. The summed E-state index contributed by atoms with van der Waals surface area (Å²) in [5, 5.41) is 27.0. The molecule has 90 valence electrons. The average Bonchev–Trinajstić information content (AvgIpc) is 2.34. The van der Waals surface area contributed by atoms with Gasteiger partial charge in [0.05, 0.1) is 24.7 Å². The van der Waals surface area contributed by atoms with E-state index in [4.69, 9.17) is 10.4 Å². The molecule has 0 heterocycles. The van der Waals surface area contributed by atoms with Crippen LogP contribution in [0.3, 0.4) is 0 Å². The summed E-state index contributed by atoms with van der Waals surface area (Å²) in [6, 6.07) is 6.66. The number of aliphatic hydroxyl groups is 1. The van der Waals surface area contributed by atoms with Crippen molar-refractivity contribution >= 4 is 12.0 Å². The van der Waals surface area contributed by atoms with E-state index in [1.807, 2.05) is 6.07 Å². The summed E-state index contributed by atoms with van der Waals surface area (Å²) in [6.45, 7) is 0.806. The van der Waals surface area contributed by atoms with Crippen molar-refractivity contribution in [1.29, 1.82) is 5.26 Å². The van der Waals surface area contributed by atoms with Crippen LogP contribution in [0, 0.1) is 11.3 Å². The third kappa shape index (κ3) is 3.47. The Morgan fingerprint density at radius 1 is 1.41 bits per heavy atom. The Morgan fingerprint density at radius 3 is 2.71 bits per heavy atom. The fourth-order valence-corrected chi connectivity index (χ4v) is 1.50. The molecule has 0 spiro atoms. The van der Waals surface area contributed by atoms with Crippen LogP contribution in [0.5, 0.6) is 5.75 Å². The number of aliphatic hydroxyl groups excluding tert-OH is 1. The molecular weight excluding hydrogens is 220 g/mol. The fraction of sp³-hybridized carbons (Fsp3) is 0.333. The minimum absolute atomic E-state index is 0.0401. The van der Waals surface area contributed by atoms with E-state index >= 15 is 0 Å². The van der Waals surface area contributed by atoms with Crippen molar-refractivity contribution < 1.29 is 15.0 Å². The molecule has 0 atom stereocenters. The van der Waals surface area contributed by atoms with Crippen LogP contribution in [0.4, 0.5) is 5.69 Å². The molecular formula is C12H14N2O3. The number of hydrogen-bond acceptors (Lipinski definition) is 5. The van der Waals surface area contributed by atoms with E-state index in [-0.39, 0.29) is 17.9 Å². The molecule has 0 aliphatic carbocycles. The quantitative estimate of drug-likeness (QED) is 0.715. The van der Waals surface area contributed by atoms with Crippen molar-refractivity contribution in [3.63, 3.8) is 0 Å². The normalized spacial score (nSPS) is 9.65. The van der Waals surface area contributed by atoms with Crippen LogP contribution in [0.2, 0.25) is 0 Å². The molecule has 5 heteroatoms. The van der Waals surface area contributed by atoms with Crippen LogP contribution >= 0.6 is 0 Å². The van der Waals surface area contributed by atoms with Gasteiger partial charge in [-0.15, -0.1) is 0 Å². The molecule has 5 nitrogen and oxygen atoms in total. The standard InChI is InChI=1S/C12H14N2O3/c13-4-1-5-14(6-7-15)11-3-2-10(9-16)12(17)8-11/h2-3,8-9,15,17H,1,5-7H2. The van der Waals surface area contributed by atoms with Crippen molar-refractivity contribution in [1.82, 2.24) is 0 Å². The maximum Gasteiger partial charge on any atom is 0.153 e. The first-order valence-corrected chi connectivity index (χ1v) is 5.24. The number of rotatable bonds is 6. The van der Waals surface area contributed by atoms with Crippen molar-refractivity contribution in [3.05, 3.63) is 23.8 Å². The molecule has 2 N–H and O–H groups in total. The molecule has 0 bridgehead atoms. The molecule has 1 aromatic rings. The molecule has 0 aliphatic rings. The zero-order valence-corrected chi connectivity index (χ0v) is 9.33. The lowest BCUT2D eigenvalue weighted by atomic mass is 10.2. The van der Waals surface area contributed by atoms with Gasteiger partial charge in [0, 0.05) is 24.8 Å². The lowest BCUT2D eigenvalue weighted by Crippen LogP contribution is -2.27. The van der Waals surface area contributed by atoms with Crippen molar-refractivity contribution in [3.8, 4) is 11.8 Å². The van der Waals surface area contributed by atoms with Gasteiger partial charge in [-0.1, -0.05) is 0 Å². The van der Waals surface area contributed by atoms with Crippen molar-refractivity contribution in [2.45, 2.75) is 6.42 Å². The number of aldehydes is 1. The Morgan fingerprint density at radius 2 is 2.18 bits per heavy atom. The first-order chi connectivity index (χ1) is 8.22. The zero-order chi connectivity index (χ0) is 12.7. The number of carbonyl (C=O) groups is 1. The minimum atomic E-state index is -0.0996. The van der Waals surface area contributed by atoms with E-state index in [1.54, 1.807) is 11.0 Å². The molecule has 0 saturated carbocycles. The highest BCUT2D eigenvalue weighted by atomic mass is 16.3.